The molecule has 0 amide bonds. The number of hydrogen-bond acceptors (Lipinski definition) is 5. The SMILES string of the molecule is Cc1nn(C)c(N(C)CC(=O)O)c1[N+](=O)[O-]. The Labute approximate surface area is 91.2 Å². The van der Waals surface area contributed by atoms with Crippen molar-refractivity contribution < 1.29 is 14.8 Å². The summed E-state index contributed by atoms with van der Waals surface area (Å²) in [5.74, 6) is -0.874. The van der Waals surface area contributed by atoms with Crippen molar-refractivity contribution in [3.8, 4) is 0 Å². The van der Waals surface area contributed by atoms with Crippen LogP contribution < -0.4 is 4.90 Å². The summed E-state index contributed by atoms with van der Waals surface area (Å²) < 4.78 is 1.30. The fourth-order valence-corrected chi connectivity index (χ4v) is 1.55. The molecule has 0 bridgehead atoms. The van der Waals surface area contributed by atoms with Gasteiger partial charge in [0.25, 0.3) is 0 Å². The molecule has 0 aliphatic rings. The van der Waals surface area contributed by atoms with Crippen molar-refractivity contribution in [2.24, 2.45) is 7.05 Å². The second-order valence-corrected chi connectivity index (χ2v) is 3.39. The monoisotopic (exact) mass is 228 g/mol. The van der Waals surface area contributed by atoms with E-state index in [1.165, 1.54) is 30.6 Å². The van der Waals surface area contributed by atoms with Gasteiger partial charge in [-0.25, -0.2) is 4.68 Å². The number of anilines is 1. The van der Waals surface area contributed by atoms with Gasteiger partial charge in [0.15, 0.2) is 0 Å². The summed E-state index contributed by atoms with van der Waals surface area (Å²) in [5, 5.41) is 23.4. The van der Waals surface area contributed by atoms with Crippen LogP contribution in [0.2, 0.25) is 0 Å². The maximum Gasteiger partial charge on any atom is 0.333 e. The smallest absolute Gasteiger partial charge is 0.333 e. The first kappa shape index (κ1) is 12.0. The van der Waals surface area contributed by atoms with Crippen molar-refractivity contribution in [1.29, 1.82) is 0 Å². The predicted molar refractivity (Wildman–Crippen MR) is 55.5 cm³/mol. The molecule has 16 heavy (non-hydrogen) atoms. The van der Waals surface area contributed by atoms with Crippen molar-refractivity contribution in [3.05, 3.63) is 15.8 Å². The lowest BCUT2D eigenvalue weighted by Gasteiger charge is -2.15. The average molecular weight is 228 g/mol. The fraction of sp³-hybridized carbons (Fsp3) is 0.500. The van der Waals surface area contributed by atoms with E-state index in [4.69, 9.17) is 5.11 Å². The molecule has 8 nitrogen and oxygen atoms in total. The van der Waals surface area contributed by atoms with Crippen molar-refractivity contribution in [3.63, 3.8) is 0 Å². The summed E-state index contributed by atoms with van der Waals surface area (Å²) in [6.45, 7) is 1.19. The van der Waals surface area contributed by atoms with E-state index in [1.807, 2.05) is 0 Å². The van der Waals surface area contributed by atoms with Crippen LogP contribution in [0.5, 0.6) is 0 Å². The Balaban J connectivity index is 3.21. The zero-order valence-electron chi connectivity index (χ0n) is 9.17. The van der Waals surface area contributed by atoms with Crippen LogP contribution in [-0.2, 0) is 11.8 Å². The minimum Gasteiger partial charge on any atom is -0.480 e. The highest BCUT2D eigenvalue weighted by molar-refractivity contribution is 5.75. The number of nitro groups is 1. The number of rotatable bonds is 4. The molecule has 1 aromatic heterocycles. The molecule has 1 rings (SSSR count). The summed E-state index contributed by atoms with van der Waals surface area (Å²) in [7, 11) is 3.01. The third-order valence-corrected chi connectivity index (χ3v) is 2.08. The van der Waals surface area contributed by atoms with Gasteiger partial charge in [0.05, 0.1) is 4.92 Å². The maximum absolute atomic E-state index is 10.8. The third kappa shape index (κ3) is 2.10. The van der Waals surface area contributed by atoms with Crippen LogP contribution in [0.3, 0.4) is 0 Å². The fourth-order valence-electron chi connectivity index (χ4n) is 1.55. The van der Waals surface area contributed by atoms with Crippen LogP contribution in [0.1, 0.15) is 5.69 Å². The summed E-state index contributed by atoms with van der Waals surface area (Å²) >= 11 is 0. The quantitative estimate of drug-likeness (QED) is 0.581. The van der Waals surface area contributed by atoms with Gasteiger partial charge in [0.2, 0.25) is 5.82 Å². The molecule has 0 saturated heterocycles. The second kappa shape index (κ2) is 4.17. The van der Waals surface area contributed by atoms with Gasteiger partial charge in [-0.05, 0) is 6.92 Å². The predicted octanol–water partition coefficient (Wildman–Crippen LogP) is 0.158. The van der Waals surface area contributed by atoms with Gasteiger partial charge in [0, 0.05) is 14.1 Å². The average Bonchev–Trinajstić information content (AvgIpc) is 2.39. The molecule has 0 spiro atoms. The minimum absolute atomic E-state index is 0.161. The zero-order valence-corrected chi connectivity index (χ0v) is 9.17. The van der Waals surface area contributed by atoms with Crippen molar-refractivity contribution in [2.75, 3.05) is 18.5 Å². The van der Waals surface area contributed by atoms with E-state index >= 15 is 0 Å². The Kier molecular flexibility index (Phi) is 3.11. The minimum atomic E-state index is -1.06. The van der Waals surface area contributed by atoms with Crippen LogP contribution >= 0.6 is 0 Å². The zero-order chi connectivity index (χ0) is 12.5. The van der Waals surface area contributed by atoms with Crippen molar-refractivity contribution in [2.45, 2.75) is 6.92 Å². The van der Waals surface area contributed by atoms with E-state index in [0.29, 0.717) is 0 Å². The lowest BCUT2D eigenvalue weighted by Crippen LogP contribution is -2.27. The van der Waals surface area contributed by atoms with E-state index in [0.717, 1.165) is 0 Å². The van der Waals surface area contributed by atoms with Gasteiger partial charge < -0.3 is 10.0 Å². The van der Waals surface area contributed by atoms with Crippen LogP contribution in [0.25, 0.3) is 0 Å². The number of carboxylic acids is 1. The number of likely N-dealkylation sites (N-methyl/N-ethyl adjacent to an activating group) is 1. The Morgan fingerprint density at radius 1 is 1.69 bits per heavy atom. The molecular formula is C8H12N4O4. The summed E-state index contributed by atoms with van der Waals surface area (Å²) in [5.41, 5.74) is 0.103. The molecule has 1 aromatic rings. The molecule has 0 atom stereocenters. The van der Waals surface area contributed by atoms with Crippen LogP contribution in [-0.4, -0.2) is 39.4 Å². The van der Waals surface area contributed by atoms with Crippen LogP contribution in [0.15, 0.2) is 0 Å². The van der Waals surface area contributed by atoms with Crippen molar-refractivity contribution >= 4 is 17.5 Å². The number of aromatic nitrogens is 2. The molecule has 1 heterocycles. The largest absolute Gasteiger partial charge is 0.480 e. The first-order valence-corrected chi connectivity index (χ1v) is 4.45. The number of aliphatic carboxylic acids is 1. The number of carbonyl (C=O) groups is 1. The lowest BCUT2D eigenvalue weighted by molar-refractivity contribution is -0.384. The number of aryl methyl sites for hydroxylation is 2. The maximum atomic E-state index is 10.8. The first-order chi connectivity index (χ1) is 7.34. The van der Waals surface area contributed by atoms with E-state index in [-0.39, 0.29) is 23.7 Å². The first-order valence-electron chi connectivity index (χ1n) is 4.45. The number of nitrogens with zero attached hydrogens (tertiary/aromatic N) is 4. The molecule has 0 aliphatic carbocycles. The van der Waals surface area contributed by atoms with Gasteiger partial charge in [-0.2, -0.15) is 5.10 Å². The molecule has 0 radical (unpaired) electrons. The Hall–Kier alpha value is -2.12. The second-order valence-electron chi connectivity index (χ2n) is 3.39. The Morgan fingerprint density at radius 3 is 2.69 bits per heavy atom. The van der Waals surface area contributed by atoms with E-state index < -0.39 is 10.9 Å². The van der Waals surface area contributed by atoms with Gasteiger partial charge in [-0.1, -0.05) is 0 Å². The highest BCUT2D eigenvalue weighted by atomic mass is 16.6. The molecule has 0 unspecified atom stereocenters. The summed E-state index contributed by atoms with van der Waals surface area (Å²) in [6, 6.07) is 0. The van der Waals surface area contributed by atoms with E-state index in [2.05, 4.69) is 5.10 Å². The molecule has 0 saturated carbocycles. The van der Waals surface area contributed by atoms with E-state index in [1.54, 1.807) is 0 Å². The van der Waals surface area contributed by atoms with Crippen LogP contribution in [0, 0.1) is 17.0 Å². The highest BCUT2D eigenvalue weighted by Crippen LogP contribution is 2.29. The third-order valence-electron chi connectivity index (χ3n) is 2.08. The summed E-state index contributed by atoms with van der Waals surface area (Å²) in [4.78, 5) is 22.1. The van der Waals surface area contributed by atoms with Crippen LogP contribution in [0.4, 0.5) is 11.5 Å². The van der Waals surface area contributed by atoms with Gasteiger partial charge in [0.1, 0.15) is 12.2 Å². The topological polar surface area (TPSA) is 102 Å². The molecule has 8 heteroatoms. The molecule has 0 fully saturated rings. The molecule has 1 N–H and O–H groups in total. The van der Waals surface area contributed by atoms with Gasteiger partial charge >= 0.3 is 11.7 Å². The normalized spacial score (nSPS) is 10.2. The highest BCUT2D eigenvalue weighted by Gasteiger charge is 2.27. The number of carboxylic acid groups (broad SMARTS) is 1. The van der Waals surface area contributed by atoms with Crippen molar-refractivity contribution in [1.82, 2.24) is 9.78 Å². The standard InChI is InChI=1S/C8H12N4O4/c1-5-7(12(15)16)8(11(3)9-5)10(2)4-6(13)14/h4H2,1-3H3,(H,13,14). The molecule has 88 valence electrons. The van der Waals surface area contributed by atoms with Gasteiger partial charge in [-0.3, -0.25) is 14.9 Å². The lowest BCUT2D eigenvalue weighted by atomic mass is 10.3. The summed E-state index contributed by atoms with van der Waals surface area (Å²) in [6.07, 6.45) is 0. The molecule has 0 aromatic carbocycles. The molecular weight excluding hydrogens is 216 g/mol. The van der Waals surface area contributed by atoms with E-state index in [9.17, 15) is 14.9 Å². The number of hydrogen-bond donors (Lipinski definition) is 1. The van der Waals surface area contributed by atoms with Gasteiger partial charge in [-0.15, -0.1) is 0 Å². The molecule has 0 aliphatic heterocycles. The Bertz CT molecular complexity index is 439. The Morgan fingerprint density at radius 2 is 2.25 bits per heavy atom.